The molecule has 0 fully saturated rings. The molecule has 55 valence electrons. The predicted octanol–water partition coefficient (Wildman–Crippen LogP) is 2.78. The van der Waals surface area contributed by atoms with Gasteiger partial charge in [0.05, 0.1) is 5.60 Å². The Morgan fingerprint density at radius 2 is 1.78 bits per heavy atom. The first kappa shape index (κ1) is 8.96. The van der Waals surface area contributed by atoms with E-state index >= 15 is 0 Å². The summed E-state index contributed by atoms with van der Waals surface area (Å²) in [6.07, 6.45) is 4.32. The number of hydrogen-bond acceptors (Lipinski definition) is 0. The van der Waals surface area contributed by atoms with Gasteiger partial charge in [0.1, 0.15) is 0 Å². The molecule has 0 aliphatic carbocycles. The Balaban J connectivity index is 3.07. The Bertz CT molecular complexity index is 61.5. The van der Waals surface area contributed by atoms with Crippen LogP contribution in [0.25, 0.3) is 0 Å². The number of unbranched alkanes of at least 4 members (excludes halogenated alkanes) is 2. The standard InChI is InChI=1S/C8H17O/c1-4-5-6-7-8(2,3)9/h4-7H2,1-3H3. The van der Waals surface area contributed by atoms with Gasteiger partial charge in [0.15, 0.2) is 0 Å². The van der Waals surface area contributed by atoms with Gasteiger partial charge in [0.25, 0.3) is 0 Å². The molecule has 1 radical (unpaired) electrons. The molecule has 0 heterocycles. The maximum atomic E-state index is 11.0. The lowest BCUT2D eigenvalue weighted by Gasteiger charge is -2.12. The molecule has 0 spiro atoms. The van der Waals surface area contributed by atoms with Crippen molar-refractivity contribution < 1.29 is 5.11 Å². The quantitative estimate of drug-likeness (QED) is 0.520. The van der Waals surface area contributed by atoms with E-state index in [9.17, 15) is 5.11 Å². The molecule has 0 aromatic heterocycles. The zero-order valence-corrected chi connectivity index (χ0v) is 6.74. The van der Waals surface area contributed by atoms with Gasteiger partial charge < -0.3 is 0 Å². The summed E-state index contributed by atoms with van der Waals surface area (Å²) in [6, 6.07) is 0. The summed E-state index contributed by atoms with van der Waals surface area (Å²) in [7, 11) is 0. The average molecular weight is 129 g/mol. The summed E-state index contributed by atoms with van der Waals surface area (Å²) < 4.78 is 0. The lowest BCUT2D eigenvalue weighted by atomic mass is 10.0. The molecule has 0 atom stereocenters. The van der Waals surface area contributed by atoms with Crippen LogP contribution < -0.4 is 0 Å². The predicted molar refractivity (Wildman–Crippen MR) is 38.9 cm³/mol. The van der Waals surface area contributed by atoms with Crippen LogP contribution in [0, 0.1) is 0 Å². The fraction of sp³-hybridized carbons (Fsp3) is 1.00. The molecule has 0 aliphatic rings. The van der Waals surface area contributed by atoms with Gasteiger partial charge in [-0.3, -0.25) is 0 Å². The highest BCUT2D eigenvalue weighted by Crippen LogP contribution is 2.13. The van der Waals surface area contributed by atoms with E-state index < -0.39 is 5.60 Å². The molecule has 9 heavy (non-hydrogen) atoms. The molecule has 0 saturated heterocycles. The van der Waals surface area contributed by atoms with Crippen LogP contribution in [0.1, 0.15) is 46.5 Å². The second-order valence-electron chi connectivity index (χ2n) is 3.22. The molecule has 0 aromatic carbocycles. The Hall–Kier alpha value is -0.0400. The number of hydrogen-bond donors (Lipinski definition) is 0. The molecule has 0 saturated carbocycles. The van der Waals surface area contributed by atoms with Crippen LogP contribution in [-0.2, 0) is 5.11 Å². The topological polar surface area (TPSA) is 19.9 Å². The van der Waals surface area contributed by atoms with Crippen LogP contribution in [0.4, 0.5) is 0 Å². The maximum absolute atomic E-state index is 11.0. The Morgan fingerprint density at radius 1 is 1.22 bits per heavy atom. The largest absolute Gasteiger partial charge is 0.230 e. The van der Waals surface area contributed by atoms with Crippen molar-refractivity contribution in [1.82, 2.24) is 0 Å². The third kappa shape index (κ3) is 7.96. The van der Waals surface area contributed by atoms with Crippen LogP contribution in [0.2, 0.25) is 0 Å². The van der Waals surface area contributed by atoms with E-state index in [1.807, 2.05) is 0 Å². The summed E-state index contributed by atoms with van der Waals surface area (Å²) in [5.41, 5.74) is -0.699. The van der Waals surface area contributed by atoms with Crippen molar-refractivity contribution in [2.24, 2.45) is 0 Å². The minimum atomic E-state index is -0.699. The van der Waals surface area contributed by atoms with Gasteiger partial charge in [-0.15, -0.1) is 0 Å². The van der Waals surface area contributed by atoms with Crippen LogP contribution in [0.3, 0.4) is 0 Å². The van der Waals surface area contributed by atoms with Crippen LogP contribution in [0.15, 0.2) is 0 Å². The van der Waals surface area contributed by atoms with E-state index in [-0.39, 0.29) is 0 Å². The second kappa shape index (κ2) is 3.89. The fourth-order valence-corrected chi connectivity index (χ4v) is 0.801. The normalized spacial score (nSPS) is 12.0. The minimum absolute atomic E-state index is 0.699. The molecule has 0 rings (SSSR count). The van der Waals surface area contributed by atoms with Crippen molar-refractivity contribution in [3.8, 4) is 0 Å². The fourth-order valence-electron chi connectivity index (χ4n) is 0.801. The van der Waals surface area contributed by atoms with Crippen LogP contribution in [-0.4, -0.2) is 5.60 Å². The van der Waals surface area contributed by atoms with Gasteiger partial charge in [-0.25, -0.2) is 5.11 Å². The van der Waals surface area contributed by atoms with Crippen LogP contribution >= 0.6 is 0 Å². The van der Waals surface area contributed by atoms with E-state index in [4.69, 9.17) is 0 Å². The zero-order valence-electron chi connectivity index (χ0n) is 6.74. The maximum Gasteiger partial charge on any atom is 0.0980 e. The first-order valence-corrected chi connectivity index (χ1v) is 3.76. The molecular weight excluding hydrogens is 112 g/mol. The minimum Gasteiger partial charge on any atom is -0.230 e. The van der Waals surface area contributed by atoms with E-state index in [1.165, 1.54) is 12.8 Å². The van der Waals surface area contributed by atoms with Gasteiger partial charge in [0.2, 0.25) is 0 Å². The summed E-state index contributed by atoms with van der Waals surface area (Å²) >= 11 is 0. The van der Waals surface area contributed by atoms with Gasteiger partial charge in [0, 0.05) is 0 Å². The van der Waals surface area contributed by atoms with Crippen molar-refractivity contribution >= 4 is 0 Å². The molecule has 0 N–H and O–H groups in total. The molecule has 1 heteroatoms. The van der Waals surface area contributed by atoms with E-state index in [2.05, 4.69) is 6.92 Å². The van der Waals surface area contributed by atoms with Crippen molar-refractivity contribution in [3.05, 3.63) is 0 Å². The summed E-state index contributed by atoms with van der Waals surface area (Å²) in [4.78, 5) is 0. The van der Waals surface area contributed by atoms with Gasteiger partial charge >= 0.3 is 0 Å². The summed E-state index contributed by atoms with van der Waals surface area (Å²) in [5.74, 6) is 0. The lowest BCUT2D eigenvalue weighted by Crippen LogP contribution is -2.15. The molecule has 0 aromatic rings. The molecule has 0 unspecified atom stereocenters. The third-order valence-electron chi connectivity index (χ3n) is 1.38. The van der Waals surface area contributed by atoms with Crippen molar-refractivity contribution in [2.45, 2.75) is 52.1 Å². The Kier molecular flexibility index (Phi) is 3.87. The van der Waals surface area contributed by atoms with Gasteiger partial charge in [-0.2, -0.15) is 0 Å². The Morgan fingerprint density at radius 3 is 2.11 bits per heavy atom. The molecular formula is C8H17O. The zero-order chi connectivity index (χ0) is 7.33. The SMILES string of the molecule is CCCCCC(C)(C)[O]. The molecule has 0 aliphatic heterocycles. The van der Waals surface area contributed by atoms with Crippen LogP contribution in [0.5, 0.6) is 0 Å². The van der Waals surface area contributed by atoms with E-state index in [0.717, 1.165) is 12.8 Å². The smallest absolute Gasteiger partial charge is 0.0980 e. The second-order valence-corrected chi connectivity index (χ2v) is 3.22. The van der Waals surface area contributed by atoms with E-state index in [1.54, 1.807) is 13.8 Å². The monoisotopic (exact) mass is 129 g/mol. The van der Waals surface area contributed by atoms with Crippen molar-refractivity contribution in [1.29, 1.82) is 0 Å². The summed E-state index contributed by atoms with van der Waals surface area (Å²) in [5, 5.41) is 11.0. The lowest BCUT2D eigenvalue weighted by molar-refractivity contribution is -0.00501. The van der Waals surface area contributed by atoms with Gasteiger partial charge in [-0.05, 0) is 20.3 Å². The highest BCUT2D eigenvalue weighted by Gasteiger charge is 2.12. The van der Waals surface area contributed by atoms with Gasteiger partial charge in [-0.1, -0.05) is 26.2 Å². The Labute approximate surface area is 58.1 Å². The highest BCUT2D eigenvalue weighted by molar-refractivity contribution is 4.63. The third-order valence-corrected chi connectivity index (χ3v) is 1.38. The first-order chi connectivity index (χ1) is 4.06. The van der Waals surface area contributed by atoms with Crippen molar-refractivity contribution in [2.75, 3.05) is 0 Å². The number of rotatable bonds is 4. The average Bonchev–Trinajstić information content (AvgIpc) is 1.63. The molecule has 0 bridgehead atoms. The first-order valence-electron chi connectivity index (χ1n) is 3.76. The summed E-state index contributed by atoms with van der Waals surface area (Å²) in [6.45, 7) is 5.66. The molecule has 1 nitrogen and oxygen atoms in total. The van der Waals surface area contributed by atoms with Crippen molar-refractivity contribution in [3.63, 3.8) is 0 Å². The molecule has 0 amide bonds. The highest BCUT2D eigenvalue weighted by atomic mass is 16.3. The van der Waals surface area contributed by atoms with E-state index in [0.29, 0.717) is 0 Å².